The zero-order valence-electron chi connectivity index (χ0n) is 17.1. The molecule has 0 unspecified atom stereocenters. The van der Waals surface area contributed by atoms with E-state index in [1.165, 1.54) is 4.90 Å². The van der Waals surface area contributed by atoms with Gasteiger partial charge in [0.2, 0.25) is 11.9 Å². The normalized spacial score (nSPS) is 25.0. The summed E-state index contributed by atoms with van der Waals surface area (Å²) in [6.07, 6.45) is 0.249. The van der Waals surface area contributed by atoms with Crippen molar-refractivity contribution in [2.24, 2.45) is 10.9 Å². The van der Waals surface area contributed by atoms with Crippen molar-refractivity contribution in [3.8, 4) is 0 Å². The van der Waals surface area contributed by atoms with Gasteiger partial charge in [-0.1, -0.05) is 17.7 Å². The standard InChI is InChI=1S/C20H27ClN4O4/c1-19(2,3)29-18(27)23-17-24-20(4,12-8-9-28-11-12)10-15(26)25(17)14-7-5-6-13(22)16(14)21/h5-7,12H,8-11,22H2,1-4H3,(H,23,24,27)/t12-,20+/m1/s1. The number of hydrogen-bond donors (Lipinski definition) is 2. The van der Waals surface area contributed by atoms with E-state index in [0.717, 1.165) is 6.42 Å². The molecule has 2 amide bonds. The highest BCUT2D eigenvalue weighted by Gasteiger charge is 2.45. The summed E-state index contributed by atoms with van der Waals surface area (Å²) >= 11 is 6.36. The molecule has 2 heterocycles. The molecule has 0 saturated carbocycles. The number of ether oxygens (including phenoxy) is 2. The fourth-order valence-electron chi connectivity index (χ4n) is 3.53. The van der Waals surface area contributed by atoms with E-state index >= 15 is 0 Å². The quantitative estimate of drug-likeness (QED) is 0.711. The summed E-state index contributed by atoms with van der Waals surface area (Å²) in [6, 6.07) is 4.98. The van der Waals surface area contributed by atoms with Gasteiger partial charge in [0.05, 0.1) is 35.0 Å². The van der Waals surface area contributed by atoms with Gasteiger partial charge in [-0.15, -0.1) is 0 Å². The average molecular weight is 423 g/mol. The predicted molar refractivity (Wildman–Crippen MR) is 112 cm³/mol. The number of guanidine groups is 1. The molecule has 2 aliphatic heterocycles. The van der Waals surface area contributed by atoms with Crippen molar-refractivity contribution in [3.63, 3.8) is 0 Å². The fraction of sp³-hybridized carbons (Fsp3) is 0.550. The Morgan fingerprint density at radius 1 is 1.45 bits per heavy atom. The van der Waals surface area contributed by atoms with Crippen LogP contribution in [0.2, 0.25) is 5.02 Å². The molecular formula is C20H27ClN4O4. The van der Waals surface area contributed by atoms with E-state index in [-0.39, 0.29) is 29.2 Å². The molecule has 29 heavy (non-hydrogen) atoms. The summed E-state index contributed by atoms with van der Waals surface area (Å²) in [7, 11) is 0. The molecule has 0 spiro atoms. The number of amides is 2. The van der Waals surface area contributed by atoms with Crippen LogP contribution < -0.4 is 16.0 Å². The third-order valence-electron chi connectivity index (χ3n) is 5.00. The van der Waals surface area contributed by atoms with Crippen LogP contribution in [0.5, 0.6) is 0 Å². The van der Waals surface area contributed by atoms with Gasteiger partial charge in [0.1, 0.15) is 5.60 Å². The first-order valence-electron chi connectivity index (χ1n) is 9.55. The Labute approximate surface area is 175 Å². The monoisotopic (exact) mass is 422 g/mol. The maximum absolute atomic E-state index is 13.2. The van der Waals surface area contributed by atoms with E-state index in [1.807, 2.05) is 6.92 Å². The van der Waals surface area contributed by atoms with Crippen LogP contribution >= 0.6 is 11.6 Å². The maximum atomic E-state index is 13.2. The molecule has 158 valence electrons. The number of nitrogens with one attached hydrogen (secondary N) is 1. The van der Waals surface area contributed by atoms with Crippen LogP contribution in [-0.2, 0) is 14.3 Å². The summed E-state index contributed by atoms with van der Waals surface area (Å²) in [4.78, 5) is 31.7. The smallest absolute Gasteiger partial charge is 0.414 e. The summed E-state index contributed by atoms with van der Waals surface area (Å²) in [5.74, 6) is -0.106. The lowest BCUT2D eigenvalue weighted by molar-refractivity contribution is -0.119. The third kappa shape index (κ3) is 4.64. The zero-order chi connectivity index (χ0) is 21.4. The van der Waals surface area contributed by atoms with Crippen LogP contribution in [-0.4, -0.2) is 42.3 Å². The van der Waals surface area contributed by atoms with Gasteiger partial charge in [-0.25, -0.2) is 14.7 Å². The molecular weight excluding hydrogens is 396 g/mol. The molecule has 3 rings (SSSR count). The van der Waals surface area contributed by atoms with Crippen molar-refractivity contribution in [1.29, 1.82) is 0 Å². The number of nitrogens with two attached hydrogens (primary N) is 1. The molecule has 1 aromatic carbocycles. The van der Waals surface area contributed by atoms with Gasteiger partial charge in [0.15, 0.2) is 0 Å². The number of rotatable bonds is 2. The lowest BCUT2D eigenvalue weighted by atomic mass is 9.81. The topological polar surface area (TPSA) is 106 Å². The van der Waals surface area contributed by atoms with E-state index in [0.29, 0.717) is 24.6 Å². The van der Waals surface area contributed by atoms with Crippen LogP contribution in [0.25, 0.3) is 0 Å². The lowest BCUT2D eigenvalue weighted by Crippen LogP contribution is -2.56. The summed E-state index contributed by atoms with van der Waals surface area (Å²) in [6.45, 7) is 8.32. The SMILES string of the molecule is CC(C)(C)OC(=O)NC1=N[C@](C)([C@@H]2CCOC2)CC(=O)N1c1cccc(N)c1Cl. The molecule has 1 fully saturated rings. The first kappa shape index (κ1) is 21.4. The first-order valence-corrected chi connectivity index (χ1v) is 9.92. The second-order valence-electron chi connectivity index (χ2n) is 8.57. The fourth-order valence-corrected chi connectivity index (χ4v) is 3.74. The van der Waals surface area contributed by atoms with Crippen LogP contribution in [0.15, 0.2) is 23.2 Å². The molecule has 3 N–H and O–H groups in total. The Kier molecular flexibility index (Phi) is 5.78. The summed E-state index contributed by atoms with van der Waals surface area (Å²) in [5, 5.41) is 2.85. The van der Waals surface area contributed by atoms with Gasteiger partial charge in [-0.2, -0.15) is 0 Å². The molecule has 2 aliphatic rings. The zero-order valence-corrected chi connectivity index (χ0v) is 17.9. The Bertz CT molecular complexity index is 845. The maximum Gasteiger partial charge on any atom is 0.414 e. The molecule has 0 aliphatic carbocycles. The number of alkyl carbamates (subject to hydrolysis) is 1. The molecule has 1 aromatic rings. The van der Waals surface area contributed by atoms with E-state index in [9.17, 15) is 9.59 Å². The summed E-state index contributed by atoms with van der Waals surface area (Å²) in [5.41, 5.74) is 5.19. The van der Waals surface area contributed by atoms with Crippen molar-refractivity contribution in [1.82, 2.24) is 5.32 Å². The minimum Gasteiger partial charge on any atom is -0.444 e. The molecule has 9 heteroatoms. The minimum absolute atomic E-state index is 0.0670. The highest BCUT2D eigenvalue weighted by Crippen LogP contribution is 2.39. The Morgan fingerprint density at radius 2 is 2.17 bits per heavy atom. The number of halogens is 1. The second-order valence-corrected chi connectivity index (χ2v) is 8.94. The largest absolute Gasteiger partial charge is 0.444 e. The third-order valence-corrected chi connectivity index (χ3v) is 5.41. The average Bonchev–Trinajstić information content (AvgIpc) is 3.11. The molecule has 0 radical (unpaired) electrons. The number of aliphatic imine (C=N–C) groups is 1. The number of carbonyl (C=O) groups excluding carboxylic acids is 2. The Balaban J connectivity index is 2.02. The van der Waals surface area contributed by atoms with E-state index < -0.39 is 17.2 Å². The van der Waals surface area contributed by atoms with Gasteiger partial charge in [0.25, 0.3) is 0 Å². The van der Waals surface area contributed by atoms with Crippen LogP contribution in [0, 0.1) is 5.92 Å². The minimum atomic E-state index is -0.707. The van der Waals surface area contributed by atoms with E-state index in [1.54, 1.807) is 39.0 Å². The van der Waals surface area contributed by atoms with Crippen molar-refractivity contribution in [3.05, 3.63) is 23.2 Å². The van der Waals surface area contributed by atoms with Crippen LogP contribution in [0.1, 0.15) is 40.5 Å². The van der Waals surface area contributed by atoms with Gasteiger partial charge < -0.3 is 15.2 Å². The van der Waals surface area contributed by atoms with Crippen molar-refractivity contribution in [2.45, 2.75) is 51.7 Å². The molecule has 1 saturated heterocycles. The number of carbonyl (C=O) groups is 2. The number of nitrogen functional groups attached to an aromatic ring is 1. The van der Waals surface area contributed by atoms with Crippen LogP contribution in [0.4, 0.5) is 16.2 Å². The number of benzene rings is 1. The van der Waals surface area contributed by atoms with Gasteiger partial charge >= 0.3 is 6.09 Å². The second kappa shape index (κ2) is 7.84. The van der Waals surface area contributed by atoms with E-state index in [2.05, 4.69) is 5.32 Å². The molecule has 2 atom stereocenters. The number of nitrogens with zero attached hydrogens (tertiary/aromatic N) is 2. The highest BCUT2D eigenvalue weighted by molar-refractivity contribution is 6.38. The van der Waals surface area contributed by atoms with Gasteiger partial charge in [0, 0.05) is 12.5 Å². The highest BCUT2D eigenvalue weighted by atomic mass is 35.5. The van der Waals surface area contributed by atoms with Gasteiger partial charge in [-0.05, 0) is 46.2 Å². The Morgan fingerprint density at radius 3 is 2.79 bits per heavy atom. The van der Waals surface area contributed by atoms with Crippen molar-refractivity contribution >= 4 is 40.9 Å². The van der Waals surface area contributed by atoms with Crippen LogP contribution in [0.3, 0.4) is 0 Å². The lowest BCUT2D eigenvalue weighted by Gasteiger charge is -2.39. The number of hydrogen-bond acceptors (Lipinski definition) is 6. The van der Waals surface area contributed by atoms with Crippen molar-refractivity contribution < 1.29 is 19.1 Å². The van der Waals surface area contributed by atoms with Gasteiger partial charge in [-0.3, -0.25) is 10.1 Å². The Hall–Kier alpha value is -2.32. The summed E-state index contributed by atoms with van der Waals surface area (Å²) < 4.78 is 10.9. The van der Waals surface area contributed by atoms with E-state index in [4.69, 9.17) is 31.8 Å². The number of anilines is 2. The van der Waals surface area contributed by atoms with Crippen molar-refractivity contribution in [2.75, 3.05) is 23.8 Å². The predicted octanol–water partition coefficient (Wildman–Crippen LogP) is 3.33. The molecule has 0 bridgehead atoms. The molecule has 0 aromatic heterocycles. The molecule has 8 nitrogen and oxygen atoms in total. The first-order chi connectivity index (χ1) is 13.5.